The lowest BCUT2D eigenvalue weighted by atomic mass is 10.1. The van der Waals surface area contributed by atoms with Crippen LogP contribution in [-0.2, 0) is 4.79 Å². The molecule has 1 aromatic rings. The molecule has 1 aromatic carbocycles. The van der Waals surface area contributed by atoms with Crippen molar-refractivity contribution in [1.29, 1.82) is 0 Å². The van der Waals surface area contributed by atoms with Gasteiger partial charge in [-0.25, -0.2) is 0 Å². The number of carbonyl (C=O) groups excluding carboxylic acids is 2. The molecule has 0 atom stereocenters. The maximum atomic E-state index is 11.7. The maximum Gasteiger partial charge on any atom is 0.241 e. The molecule has 19 heavy (non-hydrogen) atoms. The van der Waals surface area contributed by atoms with E-state index >= 15 is 0 Å². The predicted octanol–water partition coefficient (Wildman–Crippen LogP) is 0.497. The van der Waals surface area contributed by atoms with Crippen LogP contribution in [0.2, 0.25) is 0 Å². The molecule has 0 aliphatic carbocycles. The summed E-state index contributed by atoms with van der Waals surface area (Å²) in [4.78, 5) is 27.1. The molecule has 2 rings (SSSR count). The first-order valence-corrected chi connectivity index (χ1v) is 6.44. The van der Waals surface area contributed by atoms with Crippen LogP contribution in [0, 0.1) is 0 Å². The van der Waals surface area contributed by atoms with E-state index in [1.54, 1.807) is 17.0 Å². The Balaban J connectivity index is 2.06. The van der Waals surface area contributed by atoms with Crippen LogP contribution in [0.25, 0.3) is 0 Å². The van der Waals surface area contributed by atoms with Crippen LogP contribution in [0.1, 0.15) is 16.8 Å². The van der Waals surface area contributed by atoms with E-state index < -0.39 is 0 Å². The Morgan fingerprint density at radius 2 is 1.95 bits per heavy atom. The zero-order chi connectivity index (χ0) is 13.8. The number of ketones is 1. The minimum absolute atomic E-state index is 0.0588. The van der Waals surface area contributed by atoms with Crippen LogP contribution in [0.4, 0.5) is 5.69 Å². The lowest BCUT2D eigenvalue weighted by Crippen LogP contribution is -2.48. The molecule has 0 unspecified atom stereocenters. The second-order valence-corrected chi connectivity index (χ2v) is 4.75. The van der Waals surface area contributed by atoms with Crippen LogP contribution < -0.4 is 10.6 Å². The third-order valence-electron chi connectivity index (χ3n) is 3.38. The molecule has 0 bridgehead atoms. The summed E-state index contributed by atoms with van der Waals surface area (Å²) in [6.07, 6.45) is 0.367. The number of hydrogen-bond acceptors (Lipinski definition) is 4. The Kier molecular flexibility index (Phi) is 4.16. The van der Waals surface area contributed by atoms with Crippen molar-refractivity contribution in [3.63, 3.8) is 0 Å². The molecule has 5 nitrogen and oxygen atoms in total. The van der Waals surface area contributed by atoms with Crippen molar-refractivity contribution in [2.75, 3.05) is 38.1 Å². The van der Waals surface area contributed by atoms with Crippen molar-refractivity contribution >= 4 is 17.4 Å². The van der Waals surface area contributed by atoms with Crippen LogP contribution >= 0.6 is 0 Å². The fraction of sp³-hybridized carbons (Fsp3) is 0.429. The van der Waals surface area contributed by atoms with E-state index in [0.29, 0.717) is 25.1 Å². The fourth-order valence-electron chi connectivity index (χ4n) is 2.11. The monoisotopic (exact) mass is 261 g/mol. The highest BCUT2D eigenvalue weighted by atomic mass is 16.2. The predicted molar refractivity (Wildman–Crippen MR) is 74.3 cm³/mol. The zero-order valence-electron chi connectivity index (χ0n) is 11.1. The van der Waals surface area contributed by atoms with Crippen LogP contribution in [-0.4, -0.2) is 49.8 Å². The van der Waals surface area contributed by atoms with Crippen LogP contribution in [0.5, 0.6) is 0 Å². The molecule has 1 fully saturated rings. The zero-order valence-corrected chi connectivity index (χ0v) is 11.1. The number of nitrogens with two attached hydrogens (primary N) is 1. The Morgan fingerprint density at radius 1 is 1.26 bits per heavy atom. The van der Waals surface area contributed by atoms with E-state index in [1.165, 1.54) is 0 Å². The summed E-state index contributed by atoms with van der Waals surface area (Å²) < 4.78 is 0. The smallest absolute Gasteiger partial charge is 0.241 e. The fourth-order valence-corrected chi connectivity index (χ4v) is 2.11. The Labute approximate surface area is 113 Å². The number of Topliss-reactive ketones (excluding diaryl/α,β-unsaturated/α-hetero) is 1. The van der Waals surface area contributed by atoms with E-state index in [2.05, 4.69) is 0 Å². The number of nitrogens with zero attached hydrogens (tertiary/aromatic N) is 2. The van der Waals surface area contributed by atoms with Crippen LogP contribution in [0.15, 0.2) is 24.3 Å². The van der Waals surface area contributed by atoms with Crippen molar-refractivity contribution in [2.24, 2.45) is 5.73 Å². The average Bonchev–Trinajstić information content (AvgIpc) is 2.42. The van der Waals surface area contributed by atoms with E-state index in [-0.39, 0.29) is 11.7 Å². The molecular formula is C14H19N3O2. The largest absolute Gasteiger partial charge is 0.360 e. The summed E-state index contributed by atoms with van der Waals surface area (Å²) in [7, 11) is 1.81. The molecule has 0 radical (unpaired) electrons. The Hall–Kier alpha value is -1.88. The lowest BCUT2D eigenvalue weighted by molar-refractivity contribution is -0.129. The summed E-state index contributed by atoms with van der Waals surface area (Å²) in [5.74, 6) is 0.179. The topological polar surface area (TPSA) is 66.6 Å². The van der Waals surface area contributed by atoms with Crippen molar-refractivity contribution in [1.82, 2.24) is 4.90 Å². The summed E-state index contributed by atoms with van der Waals surface area (Å²) >= 11 is 0. The quantitative estimate of drug-likeness (QED) is 0.801. The number of anilines is 1. The van der Waals surface area contributed by atoms with Gasteiger partial charge in [-0.1, -0.05) is 0 Å². The Bertz CT molecular complexity index is 470. The third kappa shape index (κ3) is 3.12. The van der Waals surface area contributed by atoms with Gasteiger partial charge in [-0.3, -0.25) is 9.59 Å². The van der Waals surface area contributed by atoms with Gasteiger partial charge in [0, 0.05) is 37.8 Å². The average molecular weight is 261 g/mol. The standard InChI is InChI=1S/C14H19N3O2/c1-16-8-9-17(10-14(16)19)12-4-2-11(3-5-12)13(18)6-7-15/h2-5H,6-10,15H2,1H3. The molecule has 1 amide bonds. The van der Waals surface area contributed by atoms with E-state index in [9.17, 15) is 9.59 Å². The first-order valence-electron chi connectivity index (χ1n) is 6.44. The van der Waals surface area contributed by atoms with Gasteiger partial charge in [-0.15, -0.1) is 0 Å². The first kappa shape index (κ1) is 13.5. The molecule has 0 spiro atoms. The highest BCUT2D eigenvalue weighted by Gasteiger charge is 2.21. The van der Waals surface area contributed by atoms with Crippen LogP contribution in [0.3, 0.4) is 0 Å². The highest BCUT2D eigenvalue weighted by molar-refractivity contribution is 5.96. The van der Waals surface area contributed by atoms with E-state index in [4.69, 9.17) is 5.73 Å². The Morgan fingerprint density at radius 3 is 2.53 bits per heavy atom. The first-order chi connectivity index (χ1) is 9.11. The maximum absolute atomic E-state index is 11.7. The van der Waals surface area contributed by atoms with Gasteiger partial charge in [0.05, 0.1) is 6.54 Å². The minimum Gasteiger partial charge on any atom is -0.360 e. The molecule has 1 saturated heterocycles. The van der Waals surface area contributed by atoms with Crippen molar-refractivity contribution < 1.29 is 9.59 Å². The van der Waals surface area contributed by atoms with Gasteiger partial charge in [-0.05, 0) is 30.8 Å². The molecular weight excluding hydrogens is 242 g/mol. The molecule has 0 saturated carbocycles. The number of hydrogen-bond donors (Lipinski definition) is 1. The van der Waals surface area contributed by atoms with Gasteiger partial charge < -0.3 is 15.5 Å². The van der Waals surface area contributed by atoms with Crippen molar-refractivity contribution in [3.8, 4) is 0 Å². The van der Waals surface area contributed by atoms with Gasteiger partial charge in [0.25, 0.3) is 0 Å². The number of benzene rings is 1. The molecule has 2 N–H and O–H groups in total. The third-order valence-corrected chi connectivity index (χ3v) is 3.38. The molecule has 0 aromatic heterocycles. The normalized spacial score (nSPS) is 15.8. The summed E-state index contributed by atoms with van der Waals surface area (Å²) in [6, 6.07) is 7.39. The number of piperazine rings is 1. The number of carbonyl (C=O) groups is 2. The van der Waals surface area contributed by atoms with Gasteiger partial charge in [0.15, 0.2) is 5.78 Å². The molecule has 102 valence electrons. The van der Waals surface area contributed by atoms with E-state index in [0.717, 1.165) is 18.8 Å². The molecule has 5 heteroatoms. The second kappa shape index (κ2) is 5.84. The highest BCUT2D eigenvalue weighted by Crippen LogP contribution is 2.18. The SMILES string of the molecule is CN1CCN(c2ccc(C(=O)CCN)cc2)CC1=O. The van der Waals surface area contributed by atoms with Gasteiger partial charge in [0.1, 0.15) is 0 Å². The van der Waals surface area contributed by atoms with Crippen molar-refractivity contribution in [2.45, 2.75) is 6.42 Å². The lowest BCUT2D eigenvalue weighted by Gasteiger charge is -2.33. The van der Waals surface area contributed by atoms with Gasteiger partial charge in [-0.2, -0.15) is 0 Å². The van der Waals surface area contributed by atoms with Gasteiger partial charge >= 0.3 is 0 Å². The molecule has 1 aliphatic heterocycles. The second-order valence-electron chi connectivity index (χ2n) is 4.75. The number of amides is 1. The summed E-state index contributed by atoms with van der Waals surface area (Å²) in [6.45, 7) is 2.31. The van der Waals surface area contributed by atoms with Gasteiger partial charge in [0.2, 0.25) is 5.91 Å². The molecule has 1 heterocycles. The molecule has 1 aliphatic rings. The minimum atomic E-state index is 0.0588. The number of likely N-dealkylation sites (N-methyl/N-ethyl adjacent to an activating group) is 1. The number of rotatable bonds is 4. The van der Waals surface area contributed by atoms with Crippen molar-refractivity contribution in [3.05, 3.63) is 29.8 Å². The van der Waals surface area contributed by atoms with E-state index in [1.807, 2.05) is 24.1 Å². The summed E-state index contributed by atoms with van der Waals surface area (Å²) in [5, 5.41) is 0. The summed E-state index contributed by atoms with van der Waals surface area (Å²) in [5.41, 5.74) is 7.02.